The molecule has 8 heteroatoms. The van der Waals surface area contributed by atoms with Crippen LogP contribution in [0.3, 0.4) is 0 Å². The van der Waals surface area contributed by atoms with Crippen LogP contribution in [0, 0.1) is 0 Å². The topological polar surface area (TPSA) is 93.1 Å². The number of phenolic OH excluding ortho intramolecular Hbond substituents is 2. The first-order chi connectivity index (χ1) is 13.5. The van der Waals surface area contributed by atoms with E-state index in [-0.39, 0.29) is 37.6 Å². The van der Waals surface area contributed by atoms with Crippen LogP contribution >= 0.6 is 23.5 Å². The summed E-state index contributed by atoms with van der Waals surface area (Å²) >= 11 is 3.02. The van der Waals surface area contributed by atoms with Gasteiger partial charge in [-0.15, -0.1) is 23.5 Å². The van der Waals surface area contributed by atoms with Crippen LogP contribution in [0.5, 0.6) is 11.5 Å². The van der Waals surface area contributed by atoms with Gasteiger partial charge in [0.05, 0.1) is 12.8 Å². The molecule has 0 unspecified atom stereocenters. The fraction of sp³-hybridized carbons (Fsp3) is 0.300. The van der Waals surface area contributed by atoms with Gasteiger partial charge in [-0.1, -0.05) is 0 Å². The molecule has 0 aliphatic carbocycles. The molecule has 0 aliphatic heterocycles. The zero-order chi connectivity index (χ0) is 20.2. The number of hydrogen-bond acceptors (Lipinski definition) is 8. The molecule has 2 aromatic carbocycles. The molecular weight excluding hydrogens is 400 g/mol. The first-order valence-electron chi connectivity index (χ1n) is 8.68. The fourth-order valence-electron chi connectivity index (χ4n) is 2.06. The number of ether oxygens (including phenoxy) is 2. The van der Waals surface area contributed by atoms with Gasteiger partial charge >= 0.3 is 11.9 Å². The summed E-state index contributed by atoms with van der Waals surface area (Å²) in [5.41, 5.74) is 0. The Balaban J connectivity index is 1.49. The average Bonchev–Trinajstić information content (AvgIpc) is 2.69. The molecular formula is C20H22O6S2. The summed E-state index contributed by atoms with van der Waals surface area (Å²) in [6, 6.07) is 13.6. The number of benzene rings is 2. The van der Waals surface area contributed by atoms with E-state index in [0.29, 0.717) is 11.5 Å². The number of thioether (sulfide) groups is 2. The lowest BCUT2D eigenvalue weighted by atomic mass is 10.3. The molecule has 0 amide bonds. The third kappa shape index (κ3) is 9.05. The summed E-state index contributed by atoms with van der Waals surface area (Å²) in [6.07, 6.45) is -0.0123. The average molecular weight is 423 g/mol. The molecule has 0 saturated heterocycles. The minimum absolute atomic E-state index is 0.00614. The van der Waals surface area contributed by atoms with Crippen LogP contribution in [0.4, 0.5) is 0 Å². The molecule has 150 valence electrons. The Bertz CT molecular complexity index is 681. The van der Waals surface area contributed by atoms with Crippen LogP contribution < -0.4 is 0 Å². The second-order valence-electron chi connectivity index (χ2n) is 5.63. The van der Waals surface area contributed by atoms with Crippen molar-refractivity contribution in [3.8, 4) is 11.5 Å². The lowest BCUT2D eigenvalue weighted by molar-refractivity contribution is -0.149. The van der Waals surface area contributed by atoms with Crippen LogP contribution in [0.25, 0.3) is 0 Å². The van der Waals surface area contributed by atoms with E-state index in [9.17, 15) is 19.8 Å². The molecule has 2 rings (SSSR count). The second-order valence-corrected chi connectivity index (χ2v) is 7.96. The monoisotopic (exact) mass is 422 g/mol. The van der Waals surface area contributed by atoms with Crippen LogP contribution in [0.1, 0.15) is 12.8 Å². The highest BCUT2D eigenvalue weighted by Crippen LogP contribution is 2.21. The van der Waals surface area contributed by atoms with Gasteiger partial charge in [-0.05, 0) is 48.5 Å². The maximum Gasteiger partial charge on any atom is 0.306 e. The van der Waals surface area contributed by atoms with Crippen molar-refractivity contribution >= 4 is 35.5 Å². The van der Waals surface area contributed by atoms with Gasteiger partial charge in [-0.25, -0.2) is 0 Å². The molecule has 6 nitrogen and oxygen atoms in total. The minimum Gasteiger partial charge on any atom is -0.508 e. The molecule has 0 heterocycles. The van der Waals surface area contributed by atoms with Gasteiger partial charge < -0.3 is 19.7 Å². The Kier molecular flexibility index (Phi) is 9.57. The predicted molar refractivity (Wildman–Crippen MR) is 109 cm³/mol. The summed E-state index contributed by atoms with van der Waals surface area (Å²) in [5.74, 6) is 0.747. The number of carbonyl (C=O) groups is 2. The standard InChI is InChI=1S/C20H22O6S2/c21-15-1-5-17(6-2-15)27-13-11-25-19(23)9-10-20(24)26-12-14-28-18-7-3-16(22)4-8-18/h1-8,21-22H,9-14H2. The largest absolute Gasteiger partial charge is 0.508 e. The van der Waals surface area contributed by atoms with Crippen LogP contribution in [-0.4, -0.2) is 46.9 Å². The molecule has 28 heavy (non-hydrogen) atoms. The molecule has 0 aliphatic rings. The van der Waals surface area contributed by atoms with Crippen molar-refractivity contribution in [1.82, 2.24) is 0 Å². The van der Waals surface area contributed by atoms with E-state index in [2.05, 4.69) is 0 Å². The van der Waals surface area contributed by atoms with Crippen molar-refractivity contribution in [3.63, 3.8) is 0 Å². The normalized spacial score (nSPS) is 10.4. The second kappa shape index (κ2) is 12.2. The number of esters is 2. The highest BCUT2D eigenvalue weighted by molar-refractivity contribution is 7.99. The van der Waals surface area contributed by atoms with Gasteiger partial charge in [0.2, 0.25) is 0 Å². The summed E-state index contributed by atoms with van der Waals surface area (Å²) < 4.78 is 10.2. The smallest absolute Gasteiger partial charge is 0.306 e. The summed E-state index contributed by atoms with van der Waals surface area (Å²) in [6.45, 7) is 0.505. The van der Waals surface area contributed by atoms with E-state index in [0.717, 1.165) is 9.79 Å². The zero-order valence-electron chi connectivity index (χ0n) is 15.2. The van der Waals surface area contributed by atoms with Crippen molar-refractivity contribution in [3.05, 3.63) is 48.5 Å². The van der Waals surface area contributed by atoms with Gasteiger partial charge in [-0.3, -0.25) is 9.59 Å². The predicted octanol–water partition coefficient (Wildman–Crippen LogP) is 3.85. The van der Waals surface area contributed by atoms with E-state index in [1.54, 1.807) is 48.5 Å². The number of aromatic hydroxyl groups is 2. The lowest BCUT2D eigenvalue weighted by Crippen LogP contribution is -2.12. The maximum absolute atomic E-state index is 11.6. The van der Waals surface area contributed by atoms with E-state index < -0.39 is 11.9 Å². The van der Waals surface area contributed by atoms with E-state index in [1.807, 2.05) is 0 Å². The van der Waals surface area contributed by atoms with Gasteiger partial charge in [-0.2, -0.15) is 0 Å². The van der Waals surface area contributed by atoms with E-state index >= 15 is 0 Å². The number of phenols is 2. The summed E-state index contributed by atoms with van der Waals surface area (Å²) in [7, 11) is 0. The highest BCUT2D eigenvalue weighted by atomic mass is 32.2. The lowest BCUT2D eigenvalue weighted by Gasteiger charge is -2.06. The first kappa shape index (κ1) is 22.0. The third-order valence-electron chi connectivity index (χ3n) is 3.44. The number of rotatable bonds is 11. The SMILES string of the molecule is O=C(CCC(=O)OCCSc1ccc(O)cc1)OCCSc1ccc(O)cc1. The molecule has 0 spiro atoms. The fourth-order valence-corrected chi connectivity index (χ4v) is 3.53. The zero-order valence-corrected chi connectivity index (χ0v) is 16.8. The number of hydrogen-bond donors (Lipinski definition) is 2. The quantitative estimate of drug-likeness (QED) is 0.320. The molecule has 2 aromatic rings. The molecule has 0 atom stereocenters. The van der Waals surface area contributed by atoms with Gasteiger partial charge in [0, 0.05) is 21.3 Å². The maximum atomic E-state index is 11.6. The number of carbonyl (C=O) groups excluding carboxylic acids is 2. The third-order valence-corrected chi connectivity index (χ3v) is 5.39. The minimum atomic E-state index is -0.429. The molecule has 0 bridgehead atoms. The Labute approximate surface area is 172 Å². The van der Waals surface area contributed by atoms with Gasteiger partial charge in [0.1, 0.15) is 24.7 Å². The molecule has 0 fully saturated rings. The van der Waals surface area contributed by atoms with Crippen molar-refractivity contribution in [1.29, 1.82) is 0 Å². The molecule has 2 N–H and O–H groups in total. The van der Waals surface area contributed by atoms with Crippen LogP contribution in [0.2, 0.25) is 0 Å². The molecule has 0 saturated carbocycles. The van der Waals surface area contributed by atoms with E-state index in [4.69, 9.17) is 9.47 Å². The Morgan fingerprint density at radius 1 is 0.679 bits per heavy atom. The van der Waals surface area contributed by atoms with Crippen LogP contribution in [-0.2, 0) is 19.1 Å². The highest BCUT2D eigenvalue weighted by Gasteiger charge is 2.09. The van der Waals surface area contributed by atoms with Crippen molar-refractivity contribution < 1.29 is 29.3 Å². The first-order valence-corrected chi connectivity index (χ1v) is 10.6. The van der Waals surface area contributed by atoms with Gasteiger partial charge in [0.25, 0.3) is 0 Å². The summed E-state index contributed by atoms with van der Waals surface area (Å²) in [4.78, 5) is 25.2. The van der Waals surface area contributed by atoms with Crippen LogP contribution in [0.15, 0.2) is 58.3 Å². The van der Waals surface area contributed by atoms with Crippen molar-refractivity contribution in [2.75, 3.05) is 24.7 Å². The Morgan fingerprint density at radius 2 is 1.04 bits per heavy atom. The summed E-state index contributed by atoms with van der Waals surface area (Å²) in [5, 5.41) is 18.4. The Morgan fingerprint density at radius 3 is 1.39 bits per heavy atom. The Hall–Kier alpha value is -2.32. The van der Waals surface area contributed by atoms with Crippen molar-refractivity contribution in [2.45, 2.75) is 22.6 Å². The molecule has 0 aromatic heterocycles. The van der Waals surface area contributed by atoms with Gasteiger partial charge in [0.15, 0.2) is 0 Å². The van der Waals surface area contributed by atoms with Crippen molar-refractivity contribution in [2.24, 2.45) is 0 Å². The van der Waals surface area contributed by atoms with E-state index in [1.165, 1.54) is 23.5 Å². The molecule has 0 radical (unpaired) electrons.